The monoisotopic (exact) mass is 141 g/mol. The van der Waals surface area contributed by atoms with Crippen molar-refractivity contribution in [2.75, 3.05) is 13.6 Å². The van der Waals surface area contributed by atoms with Crippen molar-refractivity contribution in [3.63, 3.8) is 0 Å². The van der Waals surface area contributed by atoms with E-state index < -0.39 is 5.60 Å². The van der Waals surface area contributed by atoms with Gasteiger partial charge in [0.05, 0.1) is 0 Å². The number of terminal acetylenes is 1. The van der Waals surface area contributed by atoms with Gasteiger partial charge in [-0.3, -0.25) is 4.79 Å². The van der Waals surface area contributed by atoms with Gasteiger partial charge >= 0.3 is 0 Å². The summed E-state index contributed by atoms with van der Waals surface area (Å²) in [5.41, 5.74) is -1.58. The van der Waals surface area contributed by atoms with Crippen LogP contribution < -0.4 is 5.32 Å². The number of hydrogen-bond donors (Lipinski definition) is 2. The molecule has 0 aromatic carbocycles. The van der Waals surface area contributed by atoms with Gasteiger partial charge in [0.25, 0.3) is 0 Å². The van der Waals surface area contributed by atoms with Gasteiger partial charge in [0.15, 0.2) is 11.9 Å². The number of rotatable bonds is 4. The Bertz CT molecular complexity index is 150. The fourth-order valence-electron chi connectivity index (χ4n) is 0.481. The quantitative estimate of drug-likeness (QED) is 0.396. The zero-order valence-corrected chi connectivity index (χ0v) is 5.92. The van der Waals surface area contributed by atoms with Crippen molar-refractivity contribution >= 4 is 6.29 Å². The lowest BCUT2D eigenvalue weighted by atomic mass is 10.0. The third-order valence-electron chi connectivity index (χ3n) is 1.20. The molecule has 0 radical (unpaired) electrons. The Labute approximate surface area is 60.4 Å². The summed E-state index contributed by atoms with van der Waals surface area (Å²) >= 11 is 0. The Morgan fingerprint density at radius 3 is 2.80 bits per heavy atom. The topological polar surface area (TPSA) is 49.3 Å². The van der Waals surface area contributed by atoms with Crippen molar-refractivity contribution in [3.8, 4) is 12.3 Å². The van der Waals surface area contributed by atoms with Crippen molar-refractivity contribution in [1.29, 1.82) is 0 Å². The van der Waals surface area contributed by atoms with Gasteiger partial charge in [0.2, 0.25) is 0 Å². The zero-order valence-electron chi connectivity index (χ0n) is 5.92. The van der Waals surface area contributed by atoms with E-state index in [-0.39, 0.29) is 6.42 Å². The van der Waals surface area contributed by atoms with E-state index in [4.69, 9.17) is 11.5 Å². The fourth-order valence-corrected chi connectivity index (χ4v) is 0.481. The average Bonchev–Trinajstić information content (AvgIpc) is 2.00. The minimum absolute atomic E-state index is 0.253. The maximum atomic E-state index is 10.1. The first-order valence-electron chi connectivity index (χ1n) is 2.99. The summed E-state index contributed by atoms with van der Waals surface area (Å²) < 4.78 is 0. The van der Waals surface area contributed by atoms with Crippen LogP contribution in [0.5, 0.6) is 0 Å². The van der Waals surface area contributed by atoms with E-state index >= 15 is 0 Å². The van der Waals surface area contributed by atoms with Crippen LogP contribution >= 0.6 is 0 Å². The molecule has 0 fully saturated rings. The van der Waals surface area contributed by atoms with Gasteiger partial charge in [-0.25, -0.2) is 0 Å². The summed E-state index contributed by atoms with van der Waals surface area (Å²) in [6.07, 6.45) is 5.53. The largest absolute Gasteiger partial charge is 0.371 e. The molecule has 0 saturated carbocycles. The normalized spacial score (nSPS) is 15.3. The molecular formula is C7H11NO2. The standard InChI is InChI=1S/C7H11NO2/c1-3-7(10,6-9)4-5-8-2/h1,6,8,10H,4-5H2,2H3/t7-/m0/s1. The van der Waals surface area contributed by atoms with E-state index in [1.54, 1.807) is 7.05 Å². The predicted molar refractivity (Wildman–Crippen MR) is 38.4 cm³/mol. The highest BCUT2D eigenvalue weighted by Crippen LogP contribution is 2.02. The third kappa shape index (κ3) is 2.62. The van der Waals surface area contributed by atoms with Gasteiger partial charge in [-0.15, -0.1) is 6.42 Å². The molecule has 0 aliphatic heterocycles. The Hall–Kier alpha value is -0.850. The number of hydrogen-bond acceptors (Lipinski definition) is 3. The van der Waals surface area contributed by atoms with Crippen molar-refractivity contribution in [2.45, 2.75) is 12.0 Å². The molecular weight excluding hydrogens is 130 g/mol. The molecule has 0 aliphatic rings. The number of nitrogens with one attached hydrogen (secondary N) is 1. The molecule has 0 heterocycles. The first kappa shape index (κ1) is 9.15. The Morgan fingerprint density at radius 1 is 1.90 bits per heavy atom. The van der Waals surface area contributed by atoms with Crippen LogP contribution in [0.2, 0.25) is 0 Å². The lowest BCUT2D eigenvalue weighted by Crippen LogP contribution is -2.32. The second kappa shape index (κ2) is 4.04. The van der Waals surface area contributed by atoms with Crippen LogP contribution in [-0.2, 0) is 4.79 Å². The molecule has 0 spiro atoms. The number of aliphatic hydroxyl groups is 1. The van der Waals surface area contributed by atoms with Crippen molar-refractivity contribution < 1.29 is 9.90 Å². The van der Waals surface area contributed by atoms with Crippen molar-refractivity contribution in [1.82, 2.24) is 5.32 Å². The van der Waals surface area contributed by atoms with E-state index in [9.17, 15) is 4.79 Å². The summed E-state index contributed by atoms with van der Waals surface area (Å²) in [6.45, 7) is 0.527. The highest BCUT2D eigenvalue weighted by Gasteiger charge is 2.21. The molecule has 1 atom stereocenters. The predicted octanol–water partition coefficient (Wildman–Crippen LogP) is -0.841. The molecule has 0 amide bonds. The number of carbonyl (C=O) groups is 1. The summed E-state index contributed by atoms with van der Waals surface area (Å²) in [5.74, 6) is 2.01. The molecule has 0 saturated heterocycles. The fraction of sp³-hybridized carbons (Fsp3) is 0.571. The molecule has 0 bridgehead atoms. The van der Waals surface area contributed by atoms with Crippen LogP contribution in [0.15, 0.2) is 0 Å². The van der Waals surface area contributed by atoms with Crippen LogP contribution in [0.4, 0.5) is 0 Å². The van der Waals surface area contributed by atoms with Crippen LogP contribution in [0, 0.1) is 12.3 Å². The molecule has 0 unspecified atom stereocenters. The minimum atomic E-state index is -1.58. The molecule has 2 N–H and O–H groups in total. The van der Waals surface area contributed by atoms with Gasteiger partial charge in [-0.1, -0.05) is 5.92 Å². The Kier molecular flexibility index (Phi) is 3.70. The van der Waals surface area contributed by atoms with Crippen LogP contribution in [-0.4, -0.2) is 30.6 Å². The molecule has 0 aromatic heterocycles. The summed E-state index contributed by atoms with van der Waals surface area (Å²) in [7, 11) is 1.72. The van der Waals surface area contributed by atoms with E-state index in [0.717, 1.165) is 0 Å². The van der Waals surface area contributed by atoms with Crippen LogP contribution in [0.1, 0.15) is 6.42 Å². The van der Waals surface area contributed by atoms with E-state index in [1.807, 2.05) is 5.92 Å². The first-order valence-corrected chi connectivity index (χ1v) is 2.99. The first-order chi connectivity index (χ1) is 4.68. The number of carbonyl (C=O) groups excluding carboxylic acids is 1. The SMILES string of the molecule is C#C[C@@](O)(C=O)CCNC. The average molecular weight is 141 g/mol. The van der Waals surface area contributed by atoms with Crippen molar-refractivity contribution in [3.05, 3.63) is 0 Å². The summed E-state index contributed by atoms with van der Waals surface area (Å²) in [5, 5.41) is 11.9. The van der Waals surface area contributed by atoms with Gasteiger partial charge in [-0.05, 0) is 13.6 Å². The highest BCUT2D eigenvalue weighted by molar-refractivity contribution is 5.67. The van der Waals surface area contributed by atoms with Gasteiger partial charge in [0, 0.05) is 6.42 Å². The Balaban J connectivity index is 3.84. The molecule has 0 rings (SSSR count). The summed E-state index contributed by atoms with van der Waals surface area (Å²) in [6, 6.07) is 0. The van der Waals surface area contributed by atoms with E-state index in [0.29, 0.717) is 12.8 Å². The lowest BCUT2D eigenvalue weighted by molar-refractivity contribution is -0.119. The lowest BCUT2D eigenvalue weighted by Gasteiger charge is -2.12. The second-order valence-corrected chi connectivity index (χ2v) is 2.04. The Morgan fingerprint density at radius 2 is 2.50 bits per heavy atom. The molecule has 10 heavy (non-hydrogen) atoms. The molecule has 3 nitrogen and oxygen atoms in total. The van der Waals surface area contributed by atoms with Gasteiger partial charge in [-0.2, -0.15) is 0 Å². The smallest absolute Gasteiger partial charge is 0.181 e. The van der Waals surface area contributed by atoms with Gasteiger partial charge < -0.3 is 10.4 Å². The zero-order chi connectivity index (χ0) is 8.04. The number of aldehydes is 1. The van der Waals surface area contributed by atoms with E-state index in [1.165, 1.54) is 0 Å². The molecule has 0 aliphatic carbocycles. The highest BCUT2D eigenvalue weighted by atomic mass is 16.3. The maximum absolute atomic E-state index is 10.1. The minimum Gasteiger partial charge on any atom is -0.371 e. The summed E-state index contributed by atoms with van der Waals surface area (Å²) in [4.78, 5) is 10.1. The van der Waals surface area contributed by atoms with Crippen LogP contribution in [0.3, 0.4) is 0 Å². The second-order valence-electron chi connectivity index (χ2n) is 2.04. The third-order valence-corrected chi connectivity index (χ3v) is 1.20. The molecule has 3 heteroatoms. The molecule has 56 valence electrons. The van der Waals surface area contributed by atoms with Gasteiger partial charge in [0.1, 0.15) is 0 Å². The van der Waals surface area contributed by atoms with Crippen molar-refractivity contribution in [2.24, 2.45) is 0 Å². The maximum Gasteiger partial charge on any atom is 0.181 e. The van der Waals surface area contributed by atoms with E-state index in [2.05, 4.69) is 5.32 Å². The molecule has 0 aromatic rings. The van der Waals surface area contributed by atoms with Crippen LogP contribution in [0.25, 0.3) is 0 Å².